The van der Waals surface area contributed by atoms with Crippen LogP contribution in [0.2, 0.25) is 0 Å². The van der Waals surface area contributed by atoms with Crippen LogP contribution < -0.4 is 5.32 Å². The maximum atomic E-state index is 5.77. The van der Waals surface area contributed by atoms with Gasteiger partial charge in [0.1, 0.15) is 0 Å². The van der Waals surface area contributed by atoms with E-state index in [9.17, 15) is 0 Å². The van der Waals surface area contributed by atoms with Gasteiger partial charge in [0.05, 0.1) is 6.61 Å². The Labute approximate surface area is 130 Å². The van der Waals surface area contributed by atoms with Crippen molar-refractivity contribution >= 4 is 0 Å². The molecule has 4 heteroatoms. The van der Waals surface area contributed by atoms with Gasteiger partial charge in [0.25, 0.3) is 0 Å². The highest BCUT2D eigenvalue weighted by Gasteiger charge is 2.33. The average Bonchev–Trinajstić information content (AvgIpc) is 3.27. The van der Waals surface area contributed by atoms with Crippen molar-refractivity contribution in [2.75, 3.05) is 53.1 Å². The highest BCUT2D eigenvalue weighted by Crippen LogP contribution is 2.31. The van der Waals surface area contributed by atoms with Gasteiger partial charge in [-0.1, -0.05) is 13.8 Å². The number of rotatable bonds is 10. The van der Waals surface area contributed by atoms with Gasteiger partial charge in [-0.3, -0.25) is 0 Å². The second-order valence-electron chi connectivity index (χ2n) is 7.40. The molecule has 1 saturated heterocycles. The molecule has 0 bridgehead atoms. The lowest BCUT2D eigenvalue weighted by atomic mass is 9.79. The summed E-state index contributed by atoms with van der Waals surface area (Å²) in [5, 5.41) is 3.64. The van der Waals surface area contributed by atoms with E-state index in [1.807, 2.05) is 0 Å². The lowest BCUT2D eigenvalue weighted by molar-refractivity contribution is -0.00558. The lowest BCUT2D eigenvalue weighted by Crippen LogP contribution is -2.48. The third-order valence-corrected chi connectivity index (χ3v) is 4.71. The Kier molecular flexibility index (Phi) is 6.93. The summed E-state index contributed by atoms with van der Waals surface area (Å²) < 4.78 is 11.3. The highest BCUT2D eigenvalue weighted by molar-refractivity contribution is 4.87. The van der Waals surface area contributed by atoms with E-state index in [1.165, 1.54) is 25.7 Å². The second kappa shape index (κ2) is 8.47. The molecule has 0 atom stereocenters. The van der Waals surface area contributed by atoms with Gasteiger partial charge in [-0.15, -0.1) is 0 Å². The Hall–Kier alpha value is -0.160. The van der Waals surface area contributed by atoms with Crippen LogP contribution in [0.1, 0.15) is 39.5 Å². The predicted molar refractivity (Wildman–Crippen MR) is 86.7 cm³/mol. The van der Waals surface area contributed by atoms with E-state index in [4.69, 9.17) is 9.47 Å². The molecule has 0 aromatic carbocycles. The largest absolute Gasteiger partial charge is 0.381 e. The minimum absolute atomic E-state index is 0.369. The van der Waals surface area contributed by atoms with Gasteiger partial charge in [0.2, 0.25) is 0 Å². The summed E-state index contributed by atoms with van der Waals surface area (Å²) >= 11 is 0. The zero-order chi connectivity index (χ0) is 15.1. The van der Waals surface area contributed by atoms with Crippen molar-refractivity contribution in [2.45, 2.75) is 45.6 Å². The summed E-state index contributed by atoms with van der Waals surface area (Å²) in [5.41, 5.74) is 0.369. The van der Waals surface area contributed by atoms with Crippen molar-refractivity contribution in [2.24, 2.45) is 11.3 Å². The van der Waals surface area contributed by atoms with Crippen LogP contribution in [0.5, 0.6) is 0 Å². The molecule has 124 valence electrons. The molecule has 0 amide bonds. The quantitative estimate of drug-likeness (QED) is 0.627. The molecule has 1 aliphatic carbocycles. The van der Waals surface area contributed by atoms with Gasteiger partial charge in [-0.05, 0) is 44.1 Å². The van der Waals surface area contributed by atoms with Crippen molar-refractivity contribution < 1.29 is 9.47 Å². The summed E-state index contributed by atoms with van der Waals surface area (Å²) in [4.78, 5) is 2.44. The first-order chi connectivity index (χ1) is 10.1. The van der Waals surface area contributed by atoms with Gasteiger partial charge in [-0.25, -0.2) is 0 Å². The van der Waals surface area contributed by atoms with E-state index in [-0.39, 0.29) is 0 Å². The van der Waals surface area contributed by atoms with Crippen LogP contribution in [0, 0.1) is 11.3 Å². The third-order valence-electron chi connectivity index (χ3n) is 4.71. The maximum absolute atomic E-state index is 5.77. The number of ether oxygens (including phenoxy) is 2. The van der Waals surface area contributed by atoms with Crippen molar-refractivity contribution in [3.8, 4) is 0 Å². The number of hydrogen-bond acceptors (Lipinski definition) is 4. The fraction of sp³-hybridized carbons (Fsp3) is 1.00. The first-order valence-corrected chi connectivity index (χ1v) is 8.67. The maximum Gasteiger partial charge on any atom is 0.0593 e. The molecule has 1 N–H and O–H groups in total. The van der Waals surface area contributed by atoms with Crippen LogP contribution in [-0.4, -0.2) is 64.1 Å². The van der Waals surface area contributed by atoms with Crippen molar-refractivity contribution in [3.63, 3.8) is 0 Å². The van der Waals surface area contributed by atoms with E-state index in [0.29, 0.717) is 11.5 Å². The van der Waals surface area contributed by atoms with Crippen LogP contribution in [0.3, 0.4) is 0 Å². The molecule has 0 aromatic rings. The number of nitrogens with zero attached hydrogens (tertiary/aromatic N) is 1. The predicted octanol–water partition coefficient (Wildman–Crippen LogP) is 2.14. The Bertz CT molecular complexity index is 287. The summed E-state index contributed by atoms with van der Waals surface area (Å²) in [6, 6.07) is 0.553. The summed E-state index contributed by atoms with van der Waals surface area (Å²) in [6.07, 6.45) is 5.08. The highest BCUT2D eigenvalue weighted by atomic mass is 16.5. The minimum Gasteiger partial charge on any atom is -0.381 e. The molecule has 0 aromatic heterocycles. The Morgan fingerprint density at radius 3 is 2.62 bits per heavy atom. The SMILES string of the molecule is CC(C)NCC1(CN(C)CCOCC2CC2)CCOCC1. The van der Waals surface area contributed by atoms with E-state index in [2.05, 4.69) is 31.1 Å². The third kappa shape index (κ3) is 6.64. The van der Waals surface area contributed by atoms with E-state index in [1.54, 1.807) is 0 Å². The van der Waals surface area contributed by atoms with E-state index in [0.717, 1.165) is 52.0 Å². The zero-order valence-corrected chi connectivity index (χ0v) is 14.2. The molecule has 21 heavy (non-hydrogen) atoms. The van der Waals surface area contributed by atoms with Crippen LogP contribution in [0.25, 0.3) is 0 Å². The molecule has 4 nitrogen and oxygen atoms in total. The molecule has 0 radical (unpaired) electrons. The van der Waals surface area contributed by atoms with Crippen molar-refractivity contribution in [3.05, 3.63) is 0 Å². The topological polar surface area (TPSA) is 33.7 Å². The molecule has 2 rings (SSSR count). The van der Waals surface area contributed by atoms with Crippen LogP contribution >= 0.6 is 0 Å². The molecule has 1 saturated carbocycles. The molecule has 1 heterocycles. The van der Waals surface area contributed by atoms with Crippen LogP contribution in [0.15, 0.2) is 0 Å². The molecule has 2 fully saturated rings. The summed E-state index contributed by atoms with van der Waals surface area (Å²) in [6.45, 7) is 11.4. The normalized spacial score (nSPS) is 22.1. The second-order valence-corrected chi connectivity index (χ2v) is 7.40. The zero-order valence-electron chi connectivity index (χ0n) is 14.2. The van der Waals surface area contributed by atoms with Gasteiger partial charge < -0.3 is 19.7 Å². The van der Waals surface area contributed by atoms with Crippen LogP contribution in [0.4, 0.5) is 0 Å². The molecular formula is C17H34N2O2. The molecule has 0 spiro atoms. The average molecular weight is 298 g/mol. The van der Waals surface area contributed by atoms with Gasteiger partial charge >= 0.3 is 0 Å². The fourth-order valence-corrected chi connectivity index (χ4v) is 3.02. The molecule has 0 unspecified atom stereocenters. The smallest absolute Gasteiger partial charge is 0.0593 e. The van der Waals surface area contributed by atoms with Gasteiger partial charge in [0, 0.05) is 45.5 Å². The molecule has 1 aliphatic heterocycles. The molecule has 2 aliphatic rings. The fourth-order valence-electron chi connectivity index (χ4n) is 3.02. The van der Waals surface area contributed by atoms with Gasteiger partial charge in [0.15, 0.2) is 0 Å². The Balaban J connectivity index is 1.70. The molecular weight excluding hydrogens is 264 g/mol. The lowest BCUT2D eigenvalue weighted by Gasteiger charge is -2.40. The summed E-state index contributed by atoms with van der Waals surface area (Å²) in [7, 11) is 2.23. The van der Waals surface area contributed by atoms with E-state index < -0.39 is 0 Å². The first kappa shape index (κ1) is 17.2. The first-order valence-electron chi connectivity index (χ1n) is 8.67. The minimum atomic E-state index is 0.369. The number of hydrogen-bond donors (Lipinski definition) is 1. The van der Waals surface area contributed by atoms with Gasteiger partial charge in [-0.2, -0.15) is 0 Å². The Morgan fingerprint density at radius 1 is 1.29 bits per heavy atom. The standard InChI is InChI=1S/C17H34N2O2/c1-15(2)18-13-17(6-9-20-10-7-17)14-19(3)8-11-21-12-16-4-5-16/h15-16,18H,4-14H2,1-3H3. The number of nitrogens with one attached hydrogen (secondary N) is 1. The number of likely N-dealkylation sites (N-methyl/N-ethyl adjacent to an activating group) is 1. The van der Waals surface area contributed by atoms with Crippen LogP contribution in [-0.2, 0) is 9.47 Å². The monoisotopic (exact) mass is 298 g/mol. The summed E-state index contributed by atoms with van der Waals surface area (Å²) in [5.74, 6) is 0.868. The Morgan fingerprint density at radius 2 is 2.00 bits per heavy atom. The van der Waals surface area contributed by atoms with E-state index >= 15 is 0 Å². The van der Waals surface area contributed by atoms with Crippen molar-refractivity contribution in [1.82, 2.24) is 10.2 Å². The van der Waals surface area contributed by atoms with Crippen molar-refractivity contribution in [1.29, 1.82) is 0 Å².